The summed E-state index contributed by atoms with van der Waals surface area (Å²) in [6, 6.07) is 9.18. The molecule has 2 heterocycles. The fourth-order valence-corrected chi connectivity index (χ4v) is 3.12. The third kappa shape index (κ3) is 3.41. The van der Waals surface area contributed by atoms with Gasteiger partial charge < -0.3 is 14.2 Å². The van der Waals surface area contributed by atoms with E-state index in [1.807, 2.05) is 29.2 Å². The van der Waals surface area contributed by atoms with Crippen LogP contribution < -0.4 is 4.74 Å². The molecule has 1 amide bonds. The fourth-order valence-electron chi connectivity index (χ4n) is 2.99. The summed E-state index contributed by atoms with van der Waals surface area (Å²) in [7, 11) is 0. The Kier molecular flexibility index (Phi) is 4.19. The highest BCUT2D eigenvalue weighted by atomic mass is 35.5. The summed E-state index contributed by atoms with van der Waals surface area (Å²) in [6.45, 7) is 1.34. The van der Waals surface area contributed by atoms with Gasteiger partial charge in [-0.2, -0.15) is 0 Å². The van der Waals surface area contributed by atoms with E-state index < -0.39 is 0 Å². The number of hydrogen-bond acceptors (Lipinski definition) is 4. The molecule has 1 saturated carbocycles. The van der Waals surface area contributed by atoms with E-state index >= 15 is 0 Å². The van der Waals surface area contributed by atoms with Gasteiger partial charge in [0, 0.05) is 42.9 Å². The van der Waals surface area contributed by atoms with Crippen molar-refractivity contribution in [1.29, 1.82) is 0 Å². The summed E-state index contributed by atoms with van der Waals surface area (Å²) in [6.07, 6.45) is 4.00. The first-order valence-electron chi connectivity index (χ1n) is 8.37. The minimum atomic E-state index is -0.0457. The minimum absolute atomic E-state index is 0.0457. The number of benzene rings is 1. The molecule has 126 valence electrons. The number of aromatic nitrogens is 1. The highest BCUT2D eigenvalue weighted by Gasteiger charge is 2.31. The molecular formula is C18H19ClN2O3. The third-order valence-electron chi connectivity index (χ3n) is 4.57. The number of ether oxygens (including phenoxy) is 1. The molecule has 1 saturated heterocycles. The molecule has 0 unspecified atom stereocenters. The number of piperidine rings is 1. The molecule has 4 rings (SSSR count). The minimum Gasteiger partial charge on any atom is -0.490 e. The summed E-state index contributed by atoms with van der Waals surface area (Å²) >= 11 is 5.88. The molecule has 5 nitrogen and oxygen atoms in total. The Morgan fingerprint density at radius 3 is 2.54 bits per heavy atom. The number of nitrogens with zero attached hydrogens (tertiary/aromatic N) is 2. The molecule has 0 N–H and O–H groups in total. The number of amides is 1. The summed E-state index contributed by atoms with van der Waals surface area (Å²) in [5.41, 5.74) is 0.425. The van der Waals surface area contributed by atoms with Gasteiger partial charge in [0.05, 0.1) is 0 Å². The van der Waals surface area contributed by atoms with Gasteiger partial charge in [0.1, 0.15) is 17.6 Å². The van der Waals surface area contributed by atoms with E-state index in [1.54, 1.807) is 6.07 Å². The lowest BCUT2D eigenvalue weighted by Crippen LogP contribution is -2.41. The second-order valence-corrected chi connectivity index (χ2v) is 6.89. The summed E-state index contributed by atoms with van der Waals surface area (Å²) in [5, 5.41) is 4.63. The van der Waals surface area contributed by atoms with E-state index in [0.29, 0.717) is 29.7 Å². The zero-order valence-electron chi connectivity index (χ0n) is 13.3. The van der Waals surface area contributed by atoms with E-state index in [-0.39, 0.29) is 12.0 Å². The zero-order chi connectivity index (χ0) is 16.5. The number of rotatable bonds is 4. The average Bonchev–Trinajstić information content (AvgIpc) is 3.34. The second-order valence-electron chi connectivity index (χ2n) is 6.45. The topological polar surface area (TPSA) is 55.6 Å². The van der Waals surface area contributed by atoms with Gasteiger partial charge in [-0.05, 0) is 37.1 Å². The van der Waals surface area contributed by atoms with E-state index in [1.165, 1.54) is 0 Å². The largest absolute Gasteiger partial charge is 0.490 e. The first-order chi connectivity index (χ1) is 11.7. The predicted octanol–water partition coefficient (Wildman–Crippen LogP) is 3.89. The van der Waals surface area contributed by atoms with Crippen LogP contribution in [0.5, 0.6) is 5.75 Å². The Morgan fingerprint density at radius 1 is 1.17 bits per heavy atom. The molecule has 2 aliphatic rings. The summed E-state index contributed by atoms with van der Waals surface area (Å²) in [4.78, 5) is 14.3. The number of hydrogen-bond donors (Lipinski definition) is 0. The van der Waals surface area contributed by atoms with Gasteiger partial charge in [-0.3, -0.25) is 4.79 Å². The van der Waals surface area contributed by atoms with Crippen molar-refractivity contribution in [3.8, 4) is 5.75 Å². The highest BCUT2D eigenvalue weighted by molar-refractivity contribution is 6.30. The monoisotopic (exact) mass is 346 g/mol. The average molecular weight is 347 g/mol. The zero-order valence-corrected chi connectivity index (χ0v) is 14.0. The normalized spacial score (nSPS) is 18.6. The maximum absolute atomic E-state index is 12.5. The second kappa shape index (κ2) is 6.48. The summed E-state index contributed by atoms with van der Waals surface area (Å²) < 4.78 is 11.2. The van der Waals surface area contributed by atoms with Crippen molar-refractivity contribution in [2.75, 3.05) is 13.1 Å². The van der Waals surface area contributed by atoms with Crippen molar-refractivity contribution < 1.29 is 14.1 Å². The molecule has 0 bridgehead atoms. The first-order valence-corrected chi connectivity index (χ1v) is 8.75. The van der Waals surface area contributed by atoms with Crippen molar-refractivity contribution in [3.63, 3.8) is 0 Å². The summed E-state index contributed by atoms with van der Waals surface area (Å²) in [5.74, 6) is 2.09. The molecule has 0 radical (unpaired) electrons. The van der Waals surface area contributed by atoms with Crippen LogP contribution in [-0.4, -0.2) is 35.2 Å². The molecule has 1 aliphatic heterocycles. The Morgan fingerprint density at radius 2 is 1.88 bits per heavy atom. The van der Waals surface area contributed by atoms with E-state index in [2.05, 4.69) is 5.16 Å². The molecule has 0 atom stereocenters. The lowest BCUT2D eigenvalue weighted by molar-refractivity contribution is 0.0586. The van der Waals surface area contributed by atoms with Gasteiger partial charge in [-0.15, -0.1) is 0 Å². The molecular weight excluding hydrogens is 328 g/mol. The molecule has 1 aliphatic carbocycles. The number of likely N-dealkylation sites (tertiary alicyclic amines) is 1. The van der Waals surface area contributed by atoms with Gasteiger partial charge in [0.15, 0.2) is 5.69 Å². The maximum atomic E-state index is 12.5. The van der Waals surface area contributed by atoms with Crippen molar-refractivity contribution in [2.45, 2.75) is 37.7 Å². The third-order valence-corrected chi connectivity index (χ3v) is 4.82. The van der Waals surface area contributed by atoms with Crippen LogP contribution in [0.1, 0.15) is 47.8 Å². The maximum Gasteiger partial charge on any atom is 0.276 e. The molecule has 2 aromatic rings. The van der Waals surface area contributed by atoms with Gasteiger partial charge in [-0.1, -0.05) is 16.8 Å². The Labute approximate surface area is 145 Å². The molecule has 2 fully saturated rings. The van der Waals surface area contributed by atoms with E-state index in [4.69, 9.17) is 20.9 Å². The number of halogens is 1. The van der Waals surface area contributed by atoms with Crippen LogP contribution >= 0.6 is 11.6 Å². The predicted molar refractivity (Wildman–Crippen MR) is 89.5 cm³/mol. The van der Waals surface area contributed by atoms with Crippen LogP contribution in [0.2, 0.25) is 5.02 Å². The molecule has 0 spiro atoms. The fraction of sp³-hybridized carbons (Fsp3) is 0.444. The molecule has 1 aromatic carbocycles. The lowest BCUT2D eigenvalue weighted by Gasteiger charge is -2.31. The van der Waals surface area contributed by atoms with Gasteiger partial charge >= 0.3 is 0 Å². The SMILES string of the molecule is O=C(c1cc(C2CC2)on1)N1CCC(Oc2ccc(Cl)cc2)CC1. The van der Waals surface area contributed by atoms with Gasteiger partial charge in [-0.25, -0.2) is 0 Å². The Bertz CT molecular complexity index is 716. The van der Waals surface area contributed by atoms with Crippen LogP contribution in [0.3, 0.4) is 0 Å². The molecule has 6 heteroatoms. The molecule has 24 heavy (non-hydrogen) atoms. The molecule has 1 aromatic heterocycles. The van der Waals surface area contributed by atoms with Gasteiger partial charge in [0.2, 0.25) is 0 Å². The standard InChI is InChI=1S/C18H19ClN2O3/c19-13-3-5-14(6-4-13)23-15-7-9-21(10-8-15)18(22)16-11-17(24-20-16)12-1-2-12/h3-6,11-12,15H,1-2,7-10H2. The Hall–Kier alpha value is -2.01. The lowest BCUT2D eigenvalue weighted by atomic mass is 10.1. The van der Waals surface area contributed by atoms with Crippen LogP contribution in [0, 0.1) is 0 Å². The van der Waals surface area contributed by atoms with Crippen LogP contribution in [-0.2, 0) is 0 Å². The van der Waals surface area contributed by atoms with Gasteiger partial charge in [0.25, 0.3) is 5.91 Å². The number of carbonyl (C=O) groups excluding carboxylic acids is 1. The van der Waals surface area contributed by atoms with Crippen LogP contribution in [0.25, 0.3) is 0 Å². The Balaban J connectivity index is 1.31. The number of carbonyl (C=O) groups is 1. The van der Waals surface area contributed by atoms with E-state index in [0.717, 1.165) is 37.2 Å². The quantitative estimate of drug-likeness (QED) is 0.842. The van der Waals surface area contributed by atoms with Crippen molar-refractivity contribution in [2.24, 2.45) is 0 Å². The smallest absolute Gasteiger partial charge is 0.276 e. The van der Waals surface area contributed by atoms with Crippen LogP contribution in [0.15, 0.2) is 34.9 Å². The highest BCUT2D eigenvalue weighted by Crippen LogP contribution is 2.40. The van der Waals surface area contributed by atoms with Crippen molar-refractivity contribution in [3.05, 3.63) is 46.8 Å². The van der Waals surface area contributed by atoms with E-state index in [9.17, 15) is 4.79 Å². The first kappa shape index (κ1) is 15.5. The van der Waals surface area contributed by atoms with Crippen LogP contribution in [0.4, 0.5) is 0 Å². The van der Waals surface area contributed by atoms with Crippen molar-refractivity contribution >= 4 is 17.5 Å². The van der Waals surface area contributed by atoms with Crippen molar-refractivity contribution in [1.82, 2.24) is 10.1 Å².